The zero-order chi connectivity index (χ0) is 22.2. The molecule has 164 valence electrons. The molecule has 1 aliphatic carbocycles. The molecule has 0 spiro atoms. The van der Waals surface area contributed by atoms with E-state index in [1.807, 2.05) is 29.7 Å². The number of carbonyl (C=O) groups excluding carboxylic acids is 1. The molecule has 1 amide bonds. The normalized spacial score (nSPS) is 14.4. The lowest BCUT2D eigenvalue weighted by molar-refractivity contribution is -0.122. The molecule has 2 aliphatic heterocycles. The summed E-state index contributed by atoms with van der Waals surface area (Å²) in [5.41, 5.74) is 3.45. The van der Waals surface area contributed by atoms with Crippen molar-refractivity contribution in [2.75, 3.05) is 0 Å². The summed E-state index contributed by atoms with van der Waals surface area (Å²) in [5.74, 6) is -0.613. The van der Waals surface area contributed by atoms with Crippen LogP contribution in [0.4, 0.5) is 4.39 Å². The number of amides is 1. The molecule has 0 unspecified atom stereocenters. The van der Waals surface area contributed by atoms with E-state index in [2.05, 4.69) is 16.5 Å². The standard InChI is InChI=1S/C25H25FN4O2/c1-16-5-4-6-17(11-16)13-29-14-21-24(20-12-18(26)9-10-22(20)29)28-30(25(21)32)15-23(31)27-19-7-2-3-8-19/h4-6,9-12,14,19H,2-3,7-8,13,15H2,1H3,(H,27,31). The largest absolute Gasteiger partial charge is 0.352 e. The van der Waals surface area contributed by atoms with Crippen molar-refractivity contribution in [1.82, 2.24) is 19.7 Å². The van der Waals surface area contributed by atoms with E-state index in [-0.39, 0.29) is 24.1 Å². The highest BCUT2D eigenvalue weighted by molar-refractivity contribution is 5.93. The third-order valence-corrected chi connectivity index (χ3v) is 6.20. The average Bonchev–Trinajstić information content (AvgIpc) is 3.37. The SMILES string of the molecule is Cc1cccc(Cn2cc3c(=O)n(CC(=O)NC4CCCC4)nc-3c3cc(F)ccc32)c1. The van der Waals surface area contributed by atoms with Crippen LogP contribution in [-0.4, -0.2) is 26.3 Å². The summed E-state index contributed by atoms with van der Waals surface area (Å²) < 4.78 is 17.3. The molecule has 1 saturated carbocycles. The van der Waals surface area contributed by atoms with Crippen LogP contribution in [0.25, 0.3) is 22.2 Å². The molecule has 2 aromatic carbocycles. The second-order valence-corrected chi connectivity index (χ2v) is 8.68. The van der Waals surface area contributed by atoms with Gasteiger partial charge in [-0.3, -0.25) is 9.59 Å². The van der Waals surface area contributed by atoms with E-state index < -0.39 is 5.82 Å². The number of nitrogens with one attached hydrogen (secondary N) is 1. The fourth-order valence-corrected chi connectivity index (χ4v) is 4.67. The molecule has 0 bridgehead atoms. The first-order chi connectivity index (χ1) is 15.5. The first-order valence-corrected chi connectivity index (χ1v) is 11.0. The highest BCUT2D eigenvalue weighted by atomic mass is 19.1. The number of aromatic nitrogens is 3. The molecule has 32 heavy (non-hydrogen) atoms. The molecule has 0 atom stereocenters. The predicted molar refractivity (Wildman–Crippen MR) is 121 cm³/mol. The second-order valence-electron chi connectivity index (χ2n) is 8.68. The monoisotopic (exact) mass is 432 g/mol. The van der Waals surface area contributed by atoms with Gasteiger partial charge in [0.15, 0.2) is 0 Å². The summed E-state index contributed by atoms with van der Waals surface area (Å²) >= 11 is 0. The van der Waals surface area contributed by atoms with Gasteiger partial charge in [0.25, 0.3) is 5.56 Å². The summed E-state index contributed by atoms with van der Waals surface area (Å²) in [6.45, 7) is 2.42. The third kappa shape index (κ3) is 3.90. The van der Waals surface area contributed by atoms with E-state index >= 15 is 0 Å². The Hall–Kier alpha value is -3.48. The Morgan fingerprint density at radius 3 is 2.78 bits per heavy atom. The third-order valence-electron chi connectivity index (χ3n) is 6.20. The predicted octanol–water partition coefficient (Wildman–Crippen LogP) is 3.86. The minimum atomic E-state index is -0.395. The molecule has 7 heteroatoms. The number of hydrogen-bond acceptors (Lipinski definition) is 3. The van der Waals surface area contributed by atoms with Crippen molar-refractivity contribution >= 4 is 16.8 Å². The quantitative estimate of drug-likeness (QED) is 0.521. The number of pyridine rings is 1. The Morgan fingerprint density at radius 2 is 2.00 bits per heavy atom. The van der Waals surface area contributed by atoms with Crippen LogP contribution in [-0.2, 0) is 17.9 Å². The molecular weight excluding hydrogens is 407 g/mol. The minimum Gasteiger partial charge on any atom is -0.352 e. The van der Waals surface area contributed by atoms with Crippen molar-refractivity contribution < 1.29 is 9.18 Å². The number of halogens is 1. The van der Waals surface area contributed by atoms with Gasteiger partial charge in [0, 0.05) is 24.2 Å². The summed E-state index contributed by atoms with van der Waals surface area (Å²) in [5, 5.41) is 7.97. The molecule has 5 rings (SSSR count). The molecule has 2 aromatic rings. The van der Waals surface area contributed by atoms with Gasteiger partial charge in [-0.15, -0.1) is 0 Å². The topological polar surface area (TPSA) is 68.9 Å². The van der Waals surface area contributed by atoms with Crippen molar-refractivity contribution in [2.45, 2.75) is 51.7 Å². The fourth-order valence-electron chi connectivity index (χ4n) is 4.67. The van der Waals surface area contributed by atoms with E-state index in [4.69, 9.17) is 0 Å². The molecular formula is C25H25FN4O2. The van der Waals surface area contributed by atoms with Gasteiger partial charge < -0.3 is 9.88 Å². The molecule has 0 radical (unpaired) electrons. The summed E-state index contributed by atoms with van der Waals surface area (Å²) in [6.07, 6.45) is 5.93. The Balaban J connectivity index is 1.56. The molecule has 3 aliphatic rings. The van der Waals surface area contributed by atoms with Gasteiger partial charge >= 0.3 is 0 Å². The van der Waals surface area contributed by atoms with E-state index in [0.717, 1.165) is 42.3 Å². The molecule has 0 aromatic heterocycles. The van der Waals surface area contributed by atoms with Crippen LogP contribution in [0.3, 0.4) is 0 Å². The maximum Gasteiger partial charge on any atom is 0.278 e. The Morgan fingerprint density at radius 1 is 1.19 bits per heavy atom. The van der Waals surface area contributed by atoms with E-state index in [1.54, 1.807) is 12.3 Å². The van der Waals surface area contributed by atoms with Gasteiger partial charge in [0.1, 0.15) is 18.1 Å². The van der Waals surface area contributed by atoms with E-state index in [0.29, 0.717) is 23.2 Å². The number of carbonyl (C=O) groups is 1. The van der Waals surface area contributed by atoms with Crippen molar-refractivity contribution in [3.05, 3.63) is 76.0 Å². The average molecular weight is 432 g/mol. The lowest BCUT2D eigenvalue weighted by atomic mass is 10.1. The van der Waals surface area contributed by atoms with E-state index in [1.165, 1.54) is 16.8 Å². The maximum atomic E-state index is 14.1. The van der Waals surface area contributed by atoms with E-state index in [9.17, 15) is 14.0 Å². The van der Waals surface area contributed by atoms with Gasteiger partial charge in [-0.2, -0.15) is 5.10 Å². The van der Waals surface area contributed by atoms with Crippen LogP contribution in [0.2, 0.25) is 0 Å². The molecule has 1 fully saturated rings. The molecule has 2 heterocycles. The fraction of sp³-hybridized carbons (Fsp3) is 0.320. The Labute approximate surface area is 185 Å². The number of rotatable bonds is 5. The lowest BCUT2D eigenvalue weighted by Gasteiger charge is -2.14. The molecule has 1 N–H and O–H groups in total. The highest BCUT2D eigenvalue weighted by Gasteiger charge is 2.23. The van der Waals surface area contributed by atoms with Crippen molar-refractivity contribution in [2.24, 2.45) is 0 Å². The zero-order valence-electron chi connectivity index (χ0n) is 18.0. The zero-order valence-corrected chi connectivity index (χ0v) is 18.0. The second kappa shape index (κ2) is 8.22. The van der Waals surface area contributed by atoms with Crippen molar-refractivity contribution in [3.63, 3.8) is 0 Å². The van der Waals surface area contributed by atoms with Gasteiger partial charge in [0.2, 0.25) is 5.91 Å². The van der Waals surface area contributed by atoms with Crippen molar-refractivity contribution in [1.29, 1.82) is 0 Å². The molecule has 6 nitrogen and oxygen atoms in total. The first-order valence-electron chi connectivity index (χ1n) is 11.0. The van der Waals surface area contributed by atoms with Crippen LogP contribution in [0, 0.1) is 12.7 Å². The van der Waals surface area contributed by atoms with Gasteiger partial charge in [-0.1, -0.05) is 42.7 Å². The first kappa shape index (κ1) is 20.4. The van der Waals surface area contributed by atoms with Crippen LogP contribution in [0.5, 0.6) is 0 Å². The Bertz CT molecular complexity index is 1330. The smallest absolute Gasteiger partial charge is 0.278 e. The Kier molecular flexibility index (Phi) is 5.25. The lowest BCUT2D eigenvalue weighted by Crippen LogP contribution is -2.37. The summed E-state index contributed by atoms with van der Waals surface area (Å²) in [7, 11) is 0. The highest BCUT2D eigenvalue weighted by Crippen LogP contribution is 2.29. The minimum absolute atomic E-state index is 0.140. The summed E-state index contributed by atoms with van der Waals surface area (Å²) in [6, 6.07) is 12.8. The number of hydrogen-bond donors (Lipinski definition) is 1. The van der Waals surface area contributed by atoms with Crippen LogP contribution in [0.1, 0.15) is 36.8 Å². The van der Waals surface area contributed by atoms with Crippen LogP contribution < -0.4 is 10.9 Å². The number of aryl methyl sites for hydroxylation is 1. The van der Waals surface area contributed by atoms with Gasteiger partial charge in [0.05, 0.1) is 11.1 Å². The van der Waals surface area contributed by atoms with Crippen molar-refractivity contribution in [3.8, 4) is 11.3 Å². The number of benzene rings is 2. The van der Waals surface area contributed by atoms with Gasteiger partial charge in [-0.25, -0.2) is 9.07 Å². The maximum absolute atomic E-state index is 14.1. The van der Waals surface area contributed by atoms with Gasteiger partial charge in [-0.05, 0) is 43.5 Å². The molecule has 0 saturated heterocycles. The van der Waals surface area contributed by atoms with Crippen LogP contribution in [0.15, 0.2) is 53.5 Å². The number of fused-ring (bicyclic) bond motifs is 3. The summed E-state index contributed by atoms with van der Waals surface area (Å²) in [4.78, 5) is 25.6. The van der Waals surface area contributed by atoms with Crippen LogP contribution >= 0.6 is 0 Å². The number of nitrogens with zero attached hydrogens (tertiary/aromatic N) is 3.